The first-order chi connectivity index (χ1) is 9.29. The Morgan fingerprint density at radius 3 is 2.50 bits per heavy atom. The molecular formula is C14H13ClF3NS. The molecule has 1 heterocycles. The van der Waals surface area contributed by atoms with Crippen molar-refractivity contribution in [3.63, 3.8) is 0 Å². The van der Waals surface area contributed by atoms with Gasteiger partial charge in [-0.15, -0.1) is 11.3 Å². The van der Waals surface area contributed by atoms with E-state index in [2.05, 4.69) is 5.32 Å². The first-order valence-corrected chi connectivity index (χ1v) is 7.22. The number of aryl methyl sites for hydroxylation is 1. The summed E-state index contributed by atoms with van der Waals surface area (Å²) in [6.07, 6.45) is -4.43. The number of rotatable bonds is 3. The van der Waals surface area contributed by atoms with Gasteiger partial charge in [-0.3, -0.25) is 0 Å². The lowest BCUT2D eigenvalue weighted by Gasteiger charge is -2.19. The molecule has 20 heavy (non-hydrogen) atoms. The maximum atomic E-state index is 13.0. The van der Waals surface area contributed by atoms with Crippen LogP contribution in [0.2, 0.25) is 5.02 Å². The van der Waals surface area contributed by atoms with Crippen LogP contribution in [0, 0.1) is 6.92 Å². The fourth-order valence-electron chi connectivity index (χ4n) is 2.00. The fraction of sp³-hybridized carbons (Fsp3) is 0.286. The average molecular weight is 320 g/mol. The Hall–Kier alpha value is -1.20. The zero-order valence-electron chi connectivity index (χ0n) is 10.9. The molecule has 0 aliphatic carbocycles. The highest BCUT2D eigenvalue weighted by Gasteiger charge is 2.34. The van der Waals surface area contributed by atoms with Gasteiger partial charge in [-0.1, -0.05) is 11.6 Å². The Morgan fingerprint density at radius 1 is 1.25 bits per heavy atom. The van der Waals surface area contributed by atoms with Crippen LogP contribution >= 0.6 is 22.9 Å². The monoisotopic (exact) mass is 319 g/mol. The van der Waals surface area contributed by atoms with E-state index in [1.54, 1.807) is 0 Å². The summed E-state index contributed by atoms with van der Waals surface area (Å²) in [5.74, 6) is 0. The highest BCUT2D eigenvalue weighted by Crippen LogP contribution is 2.38. The summed E-state index contributed by atoms with van der Waals surface area (Å²) in [6.45, 7) is 3.78. The number of thiophene rings is 1. The standard InChI is InChI=1S/C14H13ClF3NS/c1-8-5-6-20-13(8)9(2)19-12-4-3-10(15)7-11(12)14(16,17)18/h3-7,9,19H,1-2H3. The molecule has 1 atom stereocenters. The molecule has 0 radical (unpaired) electrons. The highest BCUT2D eigenvalue weighted by atomic mass is 35.5. The van der Waals surface area contributed by atoms with Gasteiger partial charge in [0, 0.05) is 15.6 Å². The number of hydrogen-bond acceptors (Lipinski definition) is 2. The van der Waals surface area contributed by atoms with Crippen LogP contribution in [0.4, 0.5) is 18.9 Å². The Kier molecular flexibility index (Phi) is 4.30. The zero-order chi connectivity index (χ0) is 14.9. The normalized spacial score (nSPS) is 13.3. The van der Waals surface area contributed by atoms with Gasteiger partial charge >= 0.3 is 6.18 Å². The average Bonchev–Trinajstić information content (AvgIpc) is 2.76. The molecule has 2 aromatic rings. The molecule has 1 nitrogen and oxygen atoms in total. The molecule has 0 saturated carbocycles. The first kappa shape index (κ1) is 15.2. The van der Waals surface area contributed by atoms with Crippen molar-refractivity contribution in [2.75, 3.05) is 5.32 Å². The van der Waals surface area contributed by atoms with Gasteiger partial charge in [-0.05, 0) is 49.1 Å². The molecular weight excluding hydrogens is 307 g/mol. The molecule has 108 valence electrons. The van der Waals surface area contributed by atoms with Crippen LogP contribution in [-0.2, 0) is 6.18 Å². The summed E-state index contributed by atoms with van der Waals surface area (Å²) in [6, 6.07) is 5.51. The van der Waals surface area contributed by atoms with Crippen molar-refractivity contribution in [2.45, 2.75) is 26.1 Å². The summed E-state index contributed by atoms with van der Waals surface area (Å²) in [5.41, 5.74) is 0.366. The van der Waals surface area contributed by atoms with E-state index in [-0.39, 0.29) is 16.8 Å². The second-order valence-corrected chi connectivity index (χ2v) is 5.91. The van der Waals surface area contributed by atoms with Crippen molar-refractivity contribution in [1.82, 2.24) is 0 Å². The molecule has 2 rings (SSSR count). The van der Waals surface area contributed by atoms with E-state index < -0.39 is 11.7 Å². The molecule has 1 unspecified atom stereocenters. The third-order valence-electron chi connectivity index (χ3n) is 2.95. The van der Waals surface area contributed by atoms with E-state index in [1.807, 2.05) is 25.3 Å². The smallest absolute Gasteiger partial charge is 0.377 e. The quantitative estimate of drug-likeness (QED) is 0.742. The molecule has 0 fully saturated rings. The second-order valence-electron chi connectivity index (χ2n) is 4.52. The van der Waals surface area contributed by atoms with Gasteiger partial charge in [0.1, 0.15) is 0 Å². The van der Waals surface area contributed by atoms with Crippen molar-refractivity contribution < 1.29 is 13.2 Å². The van der Waals surface area contributed by atoms with Crippen LogP contribution in [0.5, 0.6) is 0 Å². The summed E-state index contributed by atoms with van der Waals surface area (Å²) in [5, 5.41) is 4.92. The molecule has 0 aliphatic heterocycles. The minimum Gasteiger partial charge on any atom is -0.377 e. The molecule has 1 aromatic heterocycles. The minimum atomic E-state index is -4.43. The Bertz CT molecular complexity index is 607. The number of nitrogens with one attached hydrogen (secondary N) is 1. The summed E-state index contributed by atoms with van der Waals surface area (Å²) >= 11 is 7.18. The molecule has 0 amide bonds. The second kappa shape index (κ2) is 5.66. The number of halogens is 4. The summed E-state index contributed by atoms with van der Waals surface area (Å²) in [7, 11) is 0. The lowest BCUT2D eigenvalue weighted by atomic mass is 10.1. The molecule has 1 N–H and O–H groups in total. The number of alkyl halides is 3. The Morgan fingerprint density at radius 2 is 1.95 bits per heavy atom. The van der Waals surface area contributed by atoms with Crippen LogP contribution < -0.4 is 5.32 Å². The molecule has 1 aromatic carbocycles. The highest BCUT2D eigenvalue weighted by molar-refractivity contribution is 7.10. The van der Waals surface area contributed by atoms with Crippen LogP contribution in [0.1, 0.15) is 29.0 Å². The number of benzene rings is 1. The maximum absolute atomic E-state index is 13.0. The van der Waals surface area contributed by atoms with Crippen molar-refractivity contribution >= 4 is 28.6 Å². The van der Waals surface area contributed by atoms with Crippen molar-refractivity contribution in [1.29, 1.82) is 0 Å². The zero-order valence-corrected chi connectivity index (χ0v) is 12.5. The predicted octanol–water partition coefficient (Wildman–Crippen LogP) is 5.90. The molecule has 6 heteroatoms. The number of anilines is 1. The summed E-state index contributed by atoms with van der Waals surface area (Å²) < 4.78 is 39.0. The van der Waals surface area contributed by atoms with Gasteiger partial charge in [-0.25, -0.2) is 0 Å². The first-order valence-electron chi connectivity index (χ1n) is 5.96. The van der Waals surface area contributed by atoms with Gasteiger partial charge in [0.25, 0.3) is 0 Å². The van der Waals surface area contributed by atoms with Gasteiger partial charge in [0.05, 0.1) is 11.6 Å². The lowest BCUT2D eigenvalue weighted by Crippen LogP contribution is -2.13. The fourth-order valence-corrected chi connectivity index (χ4v) is 3.11. The van der Waals surface area contributed by atoms with E-state index >= 15 is 0 Å². The van der Waals surface area contributed by atoms with E-state index in [0.717, 1.165) is 16.5 Å². The van der Waals surface area contributed by atoms with Gasteiger partial charge in [0.15, 0.2) is 0 Å². The van der Waals surface area contributed by atoms with Crippen molar-refractivity contribution in [2.24, 2.45) is 0 Å². The predicted molar refractivity (Wildman–Crippen MR) is 77.5 cm³/mol. The molecule has 0 spiro atoms. The largest absolute Gasteiger partial charge is 0.418 e. The minimum absolute atomic E-state index is 0.0437. The van der Waals surface area contributed by atoms with Gasteiger partial charge in [-0.2, -0.15) is 13.2 Å². The van der Waals surface area contributed by atoms with E-state index in [0.29, 0.717) is 0 Å². The summed E-state index contributed by atoms with van der Waals surface area (Å²) in [4.78, 5) is 1.02. The van der Waals surface area contributed by atoms with Crippen molar-refractivity contribution in [3.8, 4) is 0 Å². The maximum Gasteiger partial charge on any atom is 0.418 e. The Balaban J connectivity index is 2.32. The number of hydrogen-bond donors (Lipinski definition) is 1. The Labute approximate surface area is 124 Å². The van der Waals surface area contributed by atoms with Crippen LogP contribution in [0.15, 0.2) is 29.6 Å². The molecule has 0 saturated heterocycles. The van der Waals surface area contributed by atoms with E-state index in [4.69, 9.17) is 11.6 Å². The van der Waals surface area contributed by atoms with Crippen LogP contribution in [0.3, 0.4) is 0 Å². The van der Waals surface area contributed by atoms with Crippen LogP contribution in [0.25, 0.3) is 0 Å². The van der Waals surface area contributed by atoms with Crippen molar-refractivity contribution in [3.05, 3.63) is 50.7 Å². The van der Waals surface area contributed by atoms with E-state index in [9.17, 15) is 13.2 Å². The van der Waals surface area contributed by atoms with Crippen LogP contribution in [-0.4, -0.2) is 0 Å². The third kappa shape index (κ3) is 3.27. The van der Waals surface area contributed by atoms with E-state index in [1.165, 1.54) is 23.5 Å². The SMILES string of the molecule is Cc1ccsc1C(C)Nc1ccc(Cl)cc1C(F)(F)F. The molecule has 0 aliphatic rings. The van der Waals surface area contributed by atoms with Gasteiger partial charge in [0.2, 0.25) is 0 Å². The topological polar surface area (TPSA) is 12.0 Å². The third-order valence-corrected chi connectivity index (χ3v) is 4.39. The lowest BCUT2D eigenvalue weighted by molar-refractivity contribution is -0.137. The molecule has 0 bridgehead atoms. The van der Waals surface area contributed by atoms with Gasteiger partial charge < -0.3 is 5.32 Å².